The van der Waals surface area contributed by atoms with Gasteiger partial charge >= 0.3 is 5.97 Å². The number of fused-ring (bicyclic) bond motifs is 1. The van der Waals surface area contributed by atoms with Crippen LogP contribution < -0.4 is 19.6 Å². The summed E-state index contributed by atoms with van der Waals surface area (Å²) in [6, 6.07) is 8.59. The van der Waals surface area contributed by atoms with Crippen LogP contribution in [0.1, 0.15) is 11.1 Å². The highest BCUT2D eigenvalue weighted by molar-refractivity contribution is 5.85. The van der Waals surface area contributed by atoms with Gasteiger partial charge in [0.15, 0.2) is 23.9 Å². The van der Waals surface area contributed by atoms with Crippen LogP contribution in [0.3, 0.4) is 0 Å². The van der Waals surface area contributed by atoms with Gasteiger partial charge < -0.3 is 23.7 Å². The van der Waals surface area contributed by atoms with Gasteiger partial charge in [0, 0.05) is 5.56 Å². The van der Waals surface area contributed by atoms with Crippen LogP contribution in [-0.4, -0.2) is 31.9 Å². The molecule has 3 aromatic rings. The number of rotatable bonds is 6. The van der Waals surface area contributed by atoms with Crippen LogP contribution >= 0.6 is 0 Å². The summed E-state index contributed by atoms with van der Waals surface area (Å²) in [6.07, 6.45) is 0. The van der Waals surface area contributed by atoms with Gasteiger partial charge in [-0.1, -0.05) is 6.07 Å². The molecule has 0 atom stereocenters. The SMILES string of the molecule is COc1ccc(-c2oc3c(C)cc(C)cc3c(=O)c2OCC(=O)O)cc1OC. The number of methoxy groups -OCH3 is 2. The van der Waals surface area contributed by atoms with Gasteiger partial charge in [-0.3, -0.25) is 4.79 Å². The lowest BCUT2D eigenvalue weighted by atomic mass is 10.0. The van der Waals surface area contributed by atoms with Gasteiger partial charge in [0.25, 0.3) is 0 Å². The van der Waals surface area contributed by atoms with Crippen molar-refractivity contribution >= 4 is 16.9 Å². The highest BCUT2D eigenvalue weighted by Gasteiger charge is 2.21. The summed E-state index contributed by atoms with van der Waals surface area (Å²) in [5, 5.41) is 9.32. The second kappa shape index (κ2) is 7.64. The maximum absolute atomic E-state index is 13.1. The number of carboxylic acids is 1. The van der Waals surface area contributed by atoms with Crippen molar-refractivity contribution in [1.29, 1.82) is 0 Å². The van der Waals surface area contributed by atoms with E-state index in [0.29, 0.717) is 28.0 Å². The molecule has 0 aliphatic heterocycles. The van der Waals surface area contributed by atoms with Crippen molar-refractivity contribution in [3.63, 3.8) is 0 Å². The molecule has 0 saturated carbocycles. The van der Waals surface area contributed by atoms with E-state index in [1.165, 1.54) is 14.2 Å². The molecule has 0 spiro atoms. The Balaban J connectivity index is 2.32. The lowest BCUT2D eigenvalue weighted by molar-refractivity contribution is -0.139. The minimum Gasteiger partial charge on any atom is -0.493 e. The molecule has 1 N–H and O–H groups in total. The number of hydrogen-bond donors (Lipinski definition) is 1. The molecule has 2 aromatic carbocycles. The molecule has 0 bridgehead atoms. The van der Waals surface area contributed by atoms with Crippen molar-refractivity contribution < 1.29 is 28.5 Å². The van der Waals surface area contributed by atoms with Gasteiger partial charge in [0.1, 0.15) is 5.58 Å². The summed E-state index contributed by atoms with van der Waals surface area (Å²) in [6.45, 7) is 3.04. The second-order valence-electron chi connectivity index (χ2n) is 6.30. The summed E-state index contributed by atoms with van der Waals surface area (Å²) < 4.78 is 21.9. The van der Waals surface area contributed by atoms with Crippen molar-refractivity contribution in [2.45, 2.75) is 13.8 Å². The molecule has 7 heteroatoms. The molecule has 0 unspecified atom stereocenters. The van der Waals surface area contributed by atoms with E-state index < -0.39 is 18.0 Å². The van der Waals surface area contributed by atoms with E-state index in [4.69, 9.17) is 23.7 Å². The van der Waals surface area contributed by atoms with Crippen molar-refractivity contribution in [2.75, 3.05) is 20.8 Å². The predicted molar refractivity (Wildman–Crippen MR) is 104 cm³/mol. The molecule has 0 amide bonds. The first kappa shape index (κ1) is 19.3. The fourth-order valence-corrected chi connectivity index (χ4v) is 3.06. The zero-order valence-electron chi connectivity index (χ0n) is 16.0. The number of hydrogen-bond acceptors (Lipinski definition) is 6. The van der Waals surface area contributed by atoms with Crippen molar-refractivity contribution in [2.24, 2.45) is 0 Å². The molecule has 1 heterocycles. The third-order valence-electron chi connectivity index (χ3n) is 4.27. The van der Waals surface area contributed by atoms with E-state index in [9.17, 15) is 9.59 Å². The number of aryl methyl sites for hydroxylation is 2. The Morgan fingerprint density at radius 3 is 2.43 bits per heavy atom. The summed E-state index contributed by atoms with van der Waals surface area (Å²) in [7, 11) is 3.01. The number of ether oxygens (including phenoxy) is 3. The molecule has 28 heavy (non-hydrogen) atoms. The third kappa shape index (κ3) is 3.51. The van der Waals surface area contributed by atoms with Gasteiger partial charge in [-0.15, -0.1) is 0 Å². The first-order valence-electron chi connectivity index (χ1n) is 8.50. The highest BCUT2D eigenvalue weighted by Crippen LogP contribution is 2.37. The Kier molecular flexibility index (Phi) is 5.26. The number of carboxylic acid groups (broad SMARTS) is 1. The van der Waals surface area contributed by atoms with Gasteiger partial charge in [-0.05, 0) is 49.2 Å². The van der Waals surface area contributed by atoms with Gasteiger partial charge in [0.05, 0.1) is 19.6 Å². The predicted octanol–water partition coefficient (Wildman–Crippen LogP) is 3.56. The van der Waals surface area contributed by atoms with Crippen LogP contribution in [0.2, 0.25) is 0 Å². The van der Waals surface area contributed by atoms with Crippen molar-refractivity contribution in [1.82, 2.24) is 0 Å². The van der Waals surface area contributed by atoms with E-state index >= 15 is 0 Å². The topological polar surface area (TPSA) is 95.2 Å². The van der Waals surface area contributed by atoms with Crippen LogP contribution in [-0.2, 0) is 4.79 Å². The Morgan fingerprint density at radius 2 is 1.79 bits per heavy atom. The van der Waals surface area contributed by atoms with E-state index in [1.54, 1.807) is 24.3 Å². The number of aliphatic carboxylic acids is 1. The van der Waals surface area contributed by atoms with E-state index in [2.05, 4.69) is 0 Å². The summed E-state index contributed by atoms with van der Waals surface area (Å²) >= 11 is 0. The highest BCUT2D eigenvalue weighted by atomic mass is 16.5. The molecule has 3 rings (SSSR count). The zero-order valence-corrected chi connectivity index (χ0v) is 16.0. The van der Waals surface area contributed by atoms with E-state index in [0.717, 1.165) is 11.1 Å². The molecule has 146 valence electrons. The molecule has 0 saturated heterocycles. The normalized spacial score (nSPS) is 10.7. The number of benzene rings is 2. The average molecular weight is 384 g/mol. The zero-order chi connectivity index (χ0) is 20.4. The first-order valence-corrected chi connectivity index (χ1v) is 8.50. The molecule has 0 aliphatic carbocycles. The molecule has 0 radical (unpaired) electrons. The van der Waals surface area contributed by atoms with E-state index in [-0.39, 0.29) is 11.5 Å². The molecule has 0 aliphatic rings. The second-order valence-corrected chi connectivity index (χ2v) is 6.30. The molecule has 0 fully saturated rings. The Hall–Kier alpha value is -3.48. The van der Waals surface area contributed by atoms with Crippen LogP contribution in [0.15, 0.2) is 39.5 Å². The van der Waals surface area contributed by atoms with Crippen LogP contribution in [0.5, 0.6) is 17.2 Å². The Labute approximate surface area is 161 Å². The molecule has 1 aromatic heterocycles. The standard InChI is InChI=1S/C21H20O7/c1-11-7-12(2)19-14(8-11)18(24)21(27-10-17(22)23)20(28-19)13-5-6-15(25-3)16(9-13)26-4/h5-9H,10H2,1-4H3,(H,22,23). The summed E-state index contributed by atoms with van der Waals surface area (Å²) in [5.74, 6) is -0.279. The monoisotopic (exact) mass is 384 g/mol. The maximum atomic E-state index is 13.1. The summed E-state index contributed by atoms with van der Waals surface area (Å²) in [4.78, 5) is 24.1. The molecular formula is C21H20O7. The fraction of sp³-hybridized carbons (Fsp3) is 0.238. The smallest absolute Gasteiger partial charge is 0.341 e. The number of carbonyl (C=O) groups is 1. The van der Waals surface area contributed by atoms with Crippen molar-refractivity contribution in [3.05, 3.63) is 51.7 Å². The Morgan fingerprint density at radius 1 is 1.07 bits per heavy atom. The van der Waals surface area contributed by atoms with Gasteiger partial charge in [-0.25, -0.2) is 4.79 Å². The van der Waals surface area contributed by atoms with Crippen LogP contribution in [0.4, 0.5) is 0 Å². The van der Waals surface area contributed by atoms with E-state index in [1.807, 2.05) is 19.9 Å². The lowest BCUT2D eigenvalue weighted by Crippen LogP contribution is -2.16. The Bertz CT molecular complexity index is 1110. The first-order chi connectivity index (χ1) is 13.3. The lowest BCUT2D eigenvalue weighted by Gasteiger charge is -2.14. The summed E-state index contributed by atoms with van der Waals surface area (Å²) in [5.41, 5.74) is 2.16. The quantitative estimate of drug-likeness (QED) is 0.694. The maximum Gasteiger partial charge on any atom is 0.341 e. The minimum atomic E-state index is -1.20. The fourth-order valence-electron chi connectivity index (χ4n) is 3.06. The van der Waals surface area contributed by atoms with Crippen molar-refractivity contribution in [3.8, 4) is 28.6 Å². The van der Waals surface area contributed by atoms with Gasteiger partial charge in [-0.2, -0.15) is 0 Å². The van der Waals surface area contributed by atoms with Crippen LogP contribution in [0.25, 0.3) is 22.3 Å². The average Bonchev–Trinajstić information content (AvgIpc) is 2.66. The van der Waals surface area contributed by atoms with Gasteiger partial charge in [0.2, 0.25) is 11.2 Å². The molecule has 7 nitrogen and oxygen atoms in total. The minimum absolute atomic E-state index is 0.131. The largest absolute Gasteiger partial charge is 0.493 e. The molecular weight excluding hydrogens is 364 g/mol. The van der Waals surface area contributed by atoms with Crippen LogP contribution in [0, 0.1) is 13.8 Å². The third-order valence-corrected chi connectivity index (χ3v) is 4.27.